The highest BCUT2D eigenvalue weighted by atomic mass is 32.1. The van der Waals surface area contributed by atoms with E-state index >= 15 is 0 Å². The number of methoxy groups -OCH3 is 1. The minimum atomic E-state index is 0.0326. The lowest BCUT2D eigenvalue weighted by atomic mass is 10.1. The van der Waals surface area contributed by atoms with Crippen molar-refractivity contribution >= 4 is 28.1 Å². The molecule has 2 heterocycles. The van der Waals surface area contributed by atoms with E-state index in [1.807, 2.05) is 35.4 Å². The number of carbonyl (C=O) groups is 1. The van der Waals surface area contributed by atoms with Crippen molar-refractivity contribution in [3.8, 4) is 5.75 Å². The first kappa shape index (κ1) is 15.8. The number of amides is 1. The van der Waals surface area contributed by atoms with Crippen molar-refractivity contribution in [2.24, 2.45) is 0 Å². The van der Waals surface area contributed by atoms with Crippen molar-refractivity contribution in [3.05, 3.63) is 34.8 Å². The van der Waals surface area contributed by atoms with Gasteiger partial charge < -0.3 is 15.0 Å². The van der Waals surface area contributed by atoms with E-state index in [1.54, 1.807) is 7.11 Å². The molecule has 0 atom stereocenters. The Morgan fingerprint density at radius 2 is 2.09 bits per heavy atom. The molecule has 1 aliphatic heterocycles. The summed E-state index contributed by atoms with van der Waals surface area (Å²) in [7, 11) is 1.64. The van der Waals surface area contributed by atoms with Crippen LogP contribution in [0.5, 0.6) is 5.75 Å². The molecule has 6 heteroatoms. The lowest BCUT2D eigenvalue weighted by molar-refractivity contribution is 0.0719. The summed E-state index contributed by atoms with van der Waals surface area (Å²) in [6, 6.07) is 5.93. The zero-order valence-corrected chi connectivity index (χ0v) is 14.3. The summed E-state index contributed by atoms with van der Waals surface area (Å²) in [6.07, 6.45) is 3.38. The molecule has 1 N–H and O–H groups in total. The van der Waals surface area contributed by atoms with Gasteiger partial charge in [-0.2, -0.15) is 0 Å². The fourth-order valence-corrected chi connectivity index (χ4v) is 3.42. The summed E-state index contributed by atoms with van der Waals surface area (Å²) in [5.74, 6) is 0.792. The van der Waals surface area contributed by atoms with Crippen LogP contribution in [0.25, 0.3) is 0 Å². The first-order chi connectivity index (χ1) is 11.2. The maximum absolute atomic E-state index is 12.5. The van der Waals surface area contributed by atoms with Gasteiger partial charge in [0.1, 0.15) is 11.4 Å². The fraction of sp³-hybridized carbons (Fsp3) is 0.412. The van der Waals surface area contributed by atoms with Crippen LogP contribution in [0.4, 0.5) is 10.8 Å². The van der Waals surface area contributed by atoms with Gasteiger partial charge in [-0.1, -0.05) is 6.07 Å². The van der Waals surface area contributed by atoms with Gasteiger partial charge in [-0.05, 0) is 43.9 Å². The van der Waals surface area contributed by atoms with E-state index in [4.69, 9.17) is 4.74 Å². The second kappa shape index (κ2) is 7.00. The Balaban J connectivity index is 1.74. The number of nitrogens with one attached hydrogen (secondary N) is 1. The smallest absolute Gasteiger partial charge is 0.273 e. The SMILES string of the molecule is COc1ccc(C)cc1Nc1nc(C(=O)N2CCCCC2)cs1. The van der Waals surface area contributed by atoms with Gasteiger partial charge in [0, 0.05) is 18.5 Å². The Labute approximate surface area is 140 Å². The topological polar surface area (TPSA) is 54.5 Å². The number of aromatic nitrogens is 1. The molecule has 2 aromatic rings. The average molecular weight is 331 g/mol. The number of rotatable bonds is 4. The number of carbonyl (C=O) groups excluding carboxylic acids is 1. The molecule has 0 unspecified atom stereocenters. The van der Waals surface area contributed by atoms with E-state index in [9.17, 15) is 4.79 Å². The zero-order valence-electron chi connectivity index (χ0n) is 13.5. The number of anilines is 2. The largest absolute Gasteiger partial charge is 0.495 e. The lowest BCUT2D eigenvalue weighted by Gasteiger charge is -2.25. The Hall–Kier alpha value is -2.08. The second-order valence-corrected chi connectivity index (χ2v) is 6.58. The molecule has 0 spiro atoms. The van der Waals surface area contributed by atoms with Crippen LogP contribution in [0.3, 0.4) is 0 Å². The Bertz CT molecular complexity index is 693. The summed E-state index contributed by atoms with van der Waals surface area (Å²) in [5, 5.41) is 5.78. The highest BCUT2D eigenvalue weighted by Crippen LogP contribution is 2.30. The van der Waals surface area contributed by atoms with Crippen molar-refractivity contribution in [1.82, 2.24) is 9.88 Å². The van der Waals surface area contributed by atoms with E-state index in [0.29, 0.717) is 10.8 Å². The predicted molar refractivity (Wildman–Crippen MR) is 92.9 cm³/mol. The number of piperidine rings is 1. The molecule has 0 radical (unpaired) electrons. The molecule has 1 saturated heterocycles. The molecular weight excluding hydrogens is 310 g/mol. The van der Waals surface area contributed by atoms with Gasteiger partial charge in [0.25, 0.3) is 5.91 Å². The molecule has 0 aliphatic carbocycles. The van der Waals surface area contributed by atoms with Crippen molar-refractivity contribution in [1.29, 1.82) is 0 Å². The third-order valence-electron chi connectivity index (χ3n) is 3.96. The number of likely N-dealkylation sites (tertiary alicyclic amines) is 1. The van der Waals surface area contributed by atoms with Gasteiger partial charge in [0.05, 0.1) is 12.8 Å². The predicted octanol–water partition coefficient (Wildman–Crippen LogP) is 3.83. The van der Waals surface area contributed by atoms with Gasteiger partial charge in [-0.25, -0.2) is 4.98 Å². The molecule has 1 aromatic heterocycles. The molecule has 23 heavy (non-hydrogen) atoms. The molecule has 1 aromatic carbocycles. The van der Waals surface area contributed by atoms with Crippen LogP contribution < -0.4 is 10.1 Å². The molecule has 3 rings (SSSR count). The molecule has 0 saturated carbocycles. The van der Waals surface area contributed by atoms with Gasteiger partial charge in [0.2, 0.25) is 0 Å². The van der Waals surface area contributed by atoms with Gasteiger partial charge in [-0.15, -0.1) is 11.3 Å². The Morgan fingerprint density at radius 1 is 1.30 bits per heavy atom. The van der Waals surface area contributed by atoms with E-state index in [0.717, 1.165) is 42.9 Å². The third-order valence-corrected chi connectivity index (χ3v) is 4.72. The Kier molecular flexibility index (Phi) is 4.81. The van der Waals surface area contributed by atoms with Gasteiger partial charge in [-0.3, -0.25) is 4.79 Å². The zero-order chi connectivity index (χ0) is 16.2. The number of thiazole rings is 1. The van der Waals surface area contributed by atoms with E-state index in [2.05, 4.69) is 10.3 Å². The van der Waals surface area contributed by atoms with E-state index in [-0.39, 0.29) is 5.91 Å². The van der Waals surface area contributed by atoms with Crippen LogP contribution >= 0.6 is 11.3 Å². The summed E-state index contributed by atoms with van der Waals surface area (Å²) in [6.45, 7) is 3.70. The number of aryl methyl sites for hydroxylation is 1. The highest BCUT2D eigenvalue weighted by molar-refractivity contribution is 7.14. The lowest BCUT2D eigenvalue weighted by Crippen LogP contribution is -2.35. The van der Waals surface area contributed by atoms with Crippen LogP contribution in [-0.4, -0.2) is 36.0 Å². The Morgan fingerprint density at radius 3 is 2.83 bits per heavy atom. The summed E-state index contributed by atoms with van der Waals surface area (Å²) in [4.78, 5) is 18.8. The fourth-order valence-electron chi connectivity index (χ4n) is 2.72. The van der Waals surface area contributed by atoms with Crippen molar-refractivity contribution in [2.75, 3.05) is 25.5 Å². The van der Waals surface area contributed by atoms with Gasteiger partial charge >= 0.3 is 0 Å². The van der Waals surface area contributed by atoms with Gasteiger partial charge in [0.15, 0.2) is 5.13 Å². The molecule has 122 valence electrons. The molecular formula is C17H21N3O2S. The number of hydrogen-bond acceptors (Lipinski definition) is 5. The molecule has 1 amide bonds. The normalized spacial score (nSPS) is 14.6. The molecule has 5 nitrogen and oxygen atoms in total. The highest BCUT2D eigenvalue weighted by Gasteiger charge is 2.20. The van der Waals surface area contributed by atoms with Crippen molar-refractivity contribution < 1.29 is 9.53 Å². The first-order valence-corrected chi connectivity index (χ1v) is 8.72. The van der Waals surface area contributed by atoms with Crippen LogP contribution in [0.2, 0.25) is 0 Å². The summed E-state index contributed by atoms with van der Waals surface area (Å²) in [5.41, 5.74) is 2.51. The standard InChI is InChI=1S/C17H21N3O2S/c1-12-6-7-15(22-2)13(10-12)18-17-19-14(11-23-17)16(21)20-8-4-3-5-9-20/h6-7,10-11H,3-5,8-9H2,1-2H3,(H,18,19). The van der Waals surface area contributed by atoms with Crippen LogP contribution in [0.1, 0.15) is 35.3 Å². The number of benzene rings is 1. The molecule has 0 bridgehead atoms. The monoisotopic (exact) mass is 331 g/mol. The maximum atomic E-state index is 12.5. The summed E-state index contributed by atoms with van der Waals surface area (Å²) < 4.78 is 5.36. The number of ether oxygens (including phenoxy) is 1. The van der Waals surface area contributed by atoms with Crippen molar-refractivity contribution in [2.45, 2.75) is 26.2 Å². The maximum Gasteiger partial charge on any atom is 0.273 e. The molecule has 1 fully saturated rings. The minimum Gasteiger partial charge on any atom is -0.495 e. The minimum absolute atomic E-state index is 0.0326. The first-order valence-electron chi connectivity index (χ1n) is 7.84. The third kappa shape index (κ3) is 3.64. The summed E-state index contributed by atoms with van der Waals surface area (Å²) >= 11 is 1.44. The average Bonchev–Trinajstić information content (AvgIpc) is 3.04. The number of hydrogen-bond donors (Lipinski definition) is 1. The second-order valence-electron chi connectivity index (χ2n) is 5.72. The van der Waals surface area contributed by atoms with Crippen LogP contribution in [-0.2, 0) is 0 Å². The molecule has 1 aliphatic rings. The van der Waals surface area contributed by atoms with E-state index < -0.39 is 0 Å². The van der Waals surface area contributed by atoms with Crippen LogP contribution in [0.15, 0.2) is 23.6 Å². The quantitative estimate of drug-likeness (QED) is 0.925. The number of nitrogens with zero attached hydrogens (tertiary/aromatic N) is 2. The van der Waals surface area contributed by atoms with Crippen LogP contribution in [0, 0.1) is 6.92 Å². The van der Waals surface area contributed by atoms with E-state index in [1.165, 1.54) is 17.8 Å². The van der Waals surface area contributed by atoms with Crippen molar-refractivity contribution in [3.63, 3.8) is 0 Å².